The average Bonchev–Trinajstić information content (AvgIpc) is 2.47. The van der Waals surface area contributed by atoms with Crippen molar-refractivity contribution in [2.45, 2.75) is 33.2 Å². The molecule has 1 aromatic heterocycles. The number of hydrogen-bond donors (Lipinski definition) is 1. The zero-order valence-corrected chi connectivity index (χ0v) is 12.5. The molecule has 0 amide bonds. The van der Waals surface area contributed by atoms with E-state index >= 15 is 0 Å². The van der Waals surface area contributed by atoms with E-state index in [1.807, 2.05) is 26.8 Å². The van der Waals surface area contributed by atoms with Crippen molar-refractivity contribution in [1.29, 1.82) is 0 Å². The lowest BCUT2D eigenvalue weighted by Gasteiger charge is -2.21. The maximum Gasteiger partial charge on any atom is 0.163 e. The molecule has 112 valence electrons. The Kier molecular flexibility index (Phi) is 4.96. The smallest absolute Gasteiger partial charge is 0.163 e. The lowest BCUT2D eigenvalue weighted by molar-refractivity contribution is 0.479. The van der Waals surface area contributed by atoms with Gasteiger partial charge in [0.05, 0.1) is 17.4 Å². The van der Waals surface area contributed by atoms with Crippen LogP contribution in [0.25, 0.3) is 0 Å². The Labute approximate surface area is 123 Å². The van der Waals surface area contributed by atoms with Gasteiger partial charge in [-0.25, -0.2) is 8.78 Å². The third kappa shape index (κ3) is 3.42. The van der Waals surface area contributed by atoms with E-state index < -0.39 is 17.7 Å². The van der Waals surface area contributed by atoms with Gasteiger partial charge in [-0.15, -0.1) is 0 Å². The van der Waals surface area contributed by atoms with Gasteiger partial charge in [-0.3, -0.25) is 0 Å². The van der Waals surface area contributed by atoms with Gasteiger partial charge < -0.3 is 5.32 Å². The van der Waals surface area contributed by atoms with Crippen LogP contribution in [-0.4, -0.2) is 16.7 Å². The van der Waals surface area contributed by atoms with Gasteiger partial charge >= 0.3 is 0 Å². The maximum absolute atomic E-state index is 14.1. The Hall–Kier alpha value is -1.88. The normalized spacial score (nSPS) is 12.4. The highest BCUT2D eigenvalue weighted by atomic mass is 19.2. The van der Waals surface area contributed by atoms with Crippen molar-refractivity contribution in [3.8, 4) is 0 Å². The first kappa shape index (κ1) is 15.5. The molecule has 0 saturated heterocycles. The fraction of sp³-hybridized carbons (Fsp3) is 0.375. The summed E-state index contributed by atoms with van der Waals surface area (Å²) in [6.45, 7) is 6.37. The molecule has 0 saturated carbocycles. The van der Waals surface area contributed by atoms with Crippen LogP contribution >= 0.6 is 0 Å². The molecule has 1 heterocycles. The predicted octanol–water partition coefficient (Wildman–Crippen LogP) is 3.46. The fourth-order valence-electron chi connectivity index (χ4n) is 2.28. The van der Waals surface area contributed by atoms with E-state index in [1.165, 1.54) is 6.07 Å². The topological polar surface area (TPSA) is 37.8 Å². The summed E-state index contributed by atoms with van der Waals surface area (Å²) < 4.78 is 27.7. The van der Waals surface area contributed by atoms with Crippen molar-refractivity contribution in [2.75, 3.05) is 6.54 Å². The van der Waals surface area contributed by atoms with Crippen LogP contribution in [0.5, 0.6) is 0 Å². The molecule has 1 N–H and O–H groups in total. The van der Waals surface area contributed by atoms with Gasteiger partial charge in [0.25, 0.3) is 0 Å². The van der Waals surface area contributed by atoms with Crippen LogP contribution in [-0.2, 0) is 0 Å². The summed E-state index contributed by atoms with van der Waals surface area (Å²) >= 11 is 0. The van der Waals surface area contributed by atoms with Crippen LogP contribution < -0.4 is 5.32 Å². The van der Waals surface area contributed by atoms with Gasteiger partial charge in [0, 0.05) is 5.56 Å². The minimum Gasteiger partial charge on any atom is -0.306 e. The summed E-state index contributed by atoms with van der Waals surface area (Å²) in [5.74, 6) is -1.66. The van der Waals surface area contributed by atoms with Crippen LogP contribution in [0.3, 0.4) is 0 Å². The summed E-state index contributed by atoms with van der Waals surface area (Å²) in [6.07, 6.45) is 0.893. The lowest BCUT2D eigenvalue weighted by Crippen LogP contribution is -2.25. The second kappa shape index (κ2) is 6.72. The Morgan fingerprint density at radius 2 is 1.90 bits per heavy atom. The average molecular weight is 291 g/mol. The Morgan fingerprint density at radius 1 is 1.14 bits per heavy atom. The molecule has 2 rings (SSSR count). The zero-order valence-electron chi connectivity index (χ0n) is 12.5. The maximum atomic E-state index is 14.1. The molecule has 0 fully saturated rings. The highest BCUT2D eigenvalue weighted by Crippen LogP contribution is 2.27. The third-order valence-electron chi connectivity index (χ3n) is 3.34. The standard InChI is InChI=1S/C16H19F2N3/c1-4-8-19-16(12-6-5-7-14(17)15(12)18)13-9-10(2)20-21-11(13)3/h5-7,9,16,19H,4,8H2,1-3H3. The van der Waals surface area contributed by atoms with Crippen molar-refractivity contribution >= 4 is 0 Å². The zero-order chi connectivity index (χ0) is 15.4. The van der Waals surface area contributed by atoms with Crippen LogP contribution in [0.2, 0.25) is 0 Å². The van der Waals surface area contributed by atoms with E-state index in [0.717, 1.165) is 23.7 Å². The number of rotatable bonds is 5. The Balaban J connectivity index is 2.52. The fourth-order valence-corrected chi connectivity index (χ4v) is 2.28. The van der Waals surface area contributed by atoms with Gasteiger partial charge in [-0.05, 0) is 44.5 Å². The van der Waals surface area contributed by atoms with E-state index in [-0.39, 0.29) is 0 Å². The van der Waals surface area contributed by atoms with Gasteiger partial charge in [0.15, 0.2) is 11.6 Å². The van der Waals surface area contributed by atoms with E-state index in [2.05, 4.69) is 15.5 Å². The molecule has 0 aliphatic rings. The van der Waals surface area contributed by atoms with Crippen molar-refractivity contribution in [1.82, 2.24) is 15.5 Å². The summed E-state index contributed by atoms with van der Waals surface area (Å²) in [5.41, 5.74) is 2.56. The third-order valence-corrected chi connectivity index (χ3v) is 3.34. The summed E-state index contributed by atoms with van der Waals surface area (Å²) in [6, 6.07) is 5.67. The van der Waals surface area contributed by atoms with E-state index in [0.29, 0.717) is 17.8 Å². The molecular weight excluding hydrogens is 272 g/mol. The molecule has 1 atom stereocenters. The molecule has 0 aliphatic heterocycles. The summed E-state index contributed by atoms with van der Waals surface area (Å²) in [4.78, 5) is 0. The lowest BCUT2D eigenvalue weighted by atomic mass is 9.96. The minimum atomic E-state index is -0.841. The second-order valence-corrected chi connectivity index (χ2v) is 5.06. The molecule has 21 heavy (non-hydrogen) atoms. The number of nitrogens with zero attached hydrogens (tertiary/aromatic N) is 2. The van der Waals surface area contributed by atoms with E-state index in [9.17, 15) is 8.78 Å². The molecule has 1 unspecified atom stereocenters. The molecule has 0 spiro atoms. The molecule has 5 heteroatoms. The second-order valence-electron chi connectivity index (χ2n) is 5.06. The molecular formula is C16H19F2N3. The molecule has 2 aromatic rings. The quantitative estimate of drug-likeness (QED) is 0.916. The Bertz CT molecular complexity index is 627. The van der Waals surface area contributed by atoms with E-state index in [4.69, 9.17) is 0 Å². The van der Waals surface area contributed by atoms with Crippen LogP contribution in [0, 0.1) is 25.5 Å². The van der Waals surface area contributed by atoms with Gasteiger partial charge in [-0.1, -0.05) is 19.1 Å². The number of halogens is 2. The number of nitrogens with one attached hydrogen (secondary N) is 1. The van der Waals surface area contributed by atoms with Gasteiger partial charge in [0.1, 0.15) is 0 Å². The van der Waals surface area contributed by atoms with Crippen molar-refractivity contribution in [3.05, 3.63) is 58.4 Å². The van der Waals surface area contributed by atoms with Crippen molar-refractivity contribution in [2.24, 2.45) is 0 Å². The van der Waals surface area contributed by atoms with Crippen LogP contribution in [0.4, 0.5) is 8.78 Å². The van der Waals surface area contributed by atoms with Crippen LogP contribution in [0.15, 0.2) is 24.3 Å². The monoisotopic (exact) mass is 291 g/mol. The number of hydrogen-bond acceptors (Lipinski definition) is 3. The van der Waals surface area contributed by atoms with Gasteiger partial charge in [-0.2, -0.15) is 10.2 Å². The minimum absolute atomic E-state index is 0.291. The van der Waals surface area contributed by atoms with Crippen molar-refractivity contribution in [3.63, 3.8) is 0 Å². The molecule has 0 radical (unpaired) electrons. The summed E-state index contributed by atoms with van der Waals surface area (Å²) in [5, 5.41) is 11.3. The first-order valence-corrected chi connectivity index (χ1v) is 7.02. The Morgan fingerprint density at radius 3 is 2.62 bits per heavy atom. The van der Waals surface area contributed by atoms with Gasteiger partial charge in [0.2, 0.25) is 0 Å². The van der Waals surface area contributed by atoms with Crippen molar-refractivity contribution < 1.29 is 8.78 Å². The molecule has 1 aromatic carbocycles. The first-order chi connectivity index (χ1) is 10.0. The number of aryl methyl sites for hydroxylation is 2. The summed E-state index contributed by atoms with van der Waals surface area (Å²) in [7, 11) is 0. The number of benzene rings is 1. The largest absolute Gasteiger partial charge is 0.306 e. The predicted molar refractivity (Wildman–Crippen MR) is 78.0 cm³/mol. The van der Waals surface area contributed by atoms with Crippen LogP contribution in [0.1, 0.15) is 41.9 Å². The SMILES string of the molecule is CCCNC(c1cc(C)nnc1C)c1cccc(F)c1F. The molecule has 3 nitrogen and oxygen atoms in total. The number of aromatic nitrogens is 2. The molecule has 0 bridgehead atoms. The first-order valence-electron chi connectivity index (χ1n) is 7.02. The molecule has 0 aliphatic carbocycles. The highest BCUT2D eigenvalue weighted by Gasteiger charge is 2.22. The highest BCUT2D eigenvalue weighted by molar-refractivity contribution is 5.35. The van der Waals surface area contributed by atoms with E-state index in [1.54, 1.807) is 6.07 Å².